The summed E-state index contributed by atoms with van der Waals surface area (Å²) >= 11 is 4.84. The van der Waals surface area contributed by atoms with Gasteiger partial charge < -0.3 is 5.73 Å². The predicted molar refractivity (Wildman–Crippen MR) is 71.2 cm³/mol. The van der Waals surface area contributed by atoms with Crippen molar-refractivity contribution in [2.24, 2.45) is 5.73 Å². The highest BCUT2D eigenvalue weighted by Gasteiger charge is 2.29. The SMILES string of the molecule is NC(=S)CCN(Cc1c(F)cccc1F)C1CC1. The number of nitrogens with zero attached hydrogens (tertiary/aromatic N) is 1. The van der Waals surface area contributed by atoms with Crippen LogP contribution >= 0.6 is 12.2 Å². The molecule has 18 heavy (non-hydrogen) atoms. The van der Waals surface area contributed by atoms with Crippen LogP contribution in [0.4, 0.5) is 8.78 Å². The molecule has 5 heteroatoms. The molecule has 0 radical (unpaired) electrons. The molecule has 1 saturated carbocycles. The summed E-state index contributed by atoms with van der Waals surface area (Å²) in [5.74, 6) is -0.980. The van der Waals surface area contributed by atoms with Crippen LogP contribution in [0.2, 0.25) is 0 Å². The summed E-state index contributed by atoms with van der Waals surface area (Å²) in [4.78, 5) is 2.50. The molecule has 98 valence electrons. The van der Waals surface area contributed by atoms with Gasteiger partial charge >= 0.3 is 0 Å². The molecule has 1 aliphatic carbocycles. The first-order chi connectivity index (χ1) is 8.58. The van der Waals surface area contributed by atoms with E-state index in [0.29, 0.717) is 24.0 Å². The first-order valence-electron chi connectivity index (χ1n) is 6.03. The lowest BCUT2D eigenvalue weighted by atomic mass is 10.1. The fourth-order valence-electron chi connectivity index (χ4n) is 1.97. The molecule has 1 aromatic carbocycles. The van der Waals surface area contributed by atoms with Crippen molar-refractivity contribution in [2.45, 2.75) is 31.8 Å². The summed E-state index contributed by atoms with van der Waals surface area (Å²) in [5.41, 5.74) is 5.60. The van der Waals surface area contributed by atoms with Crippen molar-refractivity contribution in [3.05, 3.63) is 35.4 Å². The molecular weight excluding hydrogens is 254 g/mol. The minimum absolute atomic E-state index is 0.132. The average molecular weight is 270 g/mol. The Labute approximate surface area is 111 Å². The molecule has 1 fully saturated rings. The number of hydrogen-bond donors (Lipinski definition) is 1. The highest BCUT2D eigenvalue weighted by Crippen LogP contribution is 2.29. The van der Waals surface area contributed by atoms with Crippen LogP contribution < -0.4 is 5.73 Å². The van der Waals surface area contributed by atoms with Crippen molar-refractivity contribution in [3.63, 3.8) is 0 Å². The van der Waals surface area contributed by atoms with Crippen LogP contribution in [-0.2, 0) is 6.54 Å². The number of nitrogens with two attached hydrogens (primary N) is 1. The summed E-state index contributed by atoms with van der Waals surface area (Å²) < 4.78 is 27.2. The normalized spacial score (nSPS) is 15.1. The molecule has 0 amide bonds. The summed E-state index contributed by atoms with van der Waals surface area (Å²) in [6.45, 7) is 0.944. The number of rotatable bonds is 6. The van der Waals surface area contributed by atoms with Crippen LogP contribution in [0.1, 0.15) is 24.8 Å². The standard InChI is InChI=1S/C13H16F2N2S/c14-11-2-1-3-12(15)10(11)8-17(9-4-5-9)7-6-13(16)18/h1-3,9H,4-8H2,(H2,16,18). The zero-order valence-electron chi connectivity index (χ0n) is 10.0. The monoisotopic (exact) mass is 270 g/mol. The van der Waals surface area contributed by atoms with Crippen LogP contribution in [0.25, 0.3) is 0 Å². The van der Waals surface area contributed by atoms with Crippen molar-refractivity contribution in [1.82, 2.24) is 4.90 Å². The maximum atomic E-state index is 13.6. The second-order valence-corrected chi connectivity index (χ2v) is 5.14. The topological polar surface area (TPSA) is 29.3 Å². The highest BCUT2D eigenvalue weighted by molar-refractivity contribution is 7.80. The second-order valence-electron chi connectivity index (χ2n) is 4.62. The van der Waals surface area contributed by atoms with Gasteiger partial charge in [-0.3, -0.25) is 4.90 Å². The maximum absolute atomic E-state index is 13.6. The van der Waals surface area contributed by atoms with Gasteiger partial charge in [0.2, 0.25) is 0 Å². The van der Waals surface area contributed by atoms with Gasteiger partial charge in [-0.2, -0.15) is 0 Å². The molecule has 0 unspecified atom stereocenters. The molecule has 2 rings (SSSR count). The van der Waals surface area contributed by atoms with Gasteiger partial charge in [-0.1, -0.05) is 18.3 Å². The second kappa shape index (κ2) is 5.71. The molecule has 0 heterocycles. The van der Waals surface area contributed by atoms with E-state index in [-0.39, 0.29) is 12.1 Å². The number of halogens is 2. The van der Waals surface area contributed by atoms with Gasteiger partial charge in [0, 0.05) is 31.1 Å². The smallest absolute Gasteiger partial charge is 0.130 e. The lowest BCUT2D eigenvalue weighted by molar-refractivity contribution is 0.254. The van der Waals surface area contributed by atoms with Gasteiger partial charge in [0.05, 0.1) is 4.99 Å². The summed E-state index contributed by atoms with van der Waals surface area (Å²) in [7, 11) is 0. The molecule has 1 aromatic rings. The van der Waals surface area contributed by atoms with Crippen molar-refractivity contribution >= 4 is 17.2 Å². The van der Waals surface area contributed by atoms with E-state index in [2.05, 4.69) is 4.90 Å². The van der Waals surface area contributed by atoms with E-state index >= 15 is 0 Å². The van der Waals surface area contributed by atoms with E-state index in [4.69, 9.17) is 18.0 Å². The molecule has 0 spiro atoms. The Kier molecular flexibility index (Phi) is 4.24. The number of benzene rings is 1. The van der Waals surface area contributed by atoms with E-state index in [1.165, 1.54) is 18.2 Å². The molecule has 0 saturated heterocycles. The maximum Gasteiger partial charge on any atom is 0.130 e. The van der Waals surface area contributed by atoms with E-state index in [0.717, 1.165) is 12.8 Å². The third kappa shape index (κ3) is 3.46. The Morgan fingerprint density at radius 1 is 1.33 bits per heavy atom. The minimum Gasteiger partial charge on any atom is -0.393 e. The van der Waals surface area contributed by atoms with E-state index in [9.17, 15) is 8.78 Å². The van der Waals surface area contributed by atoms with Crippen molar-refractivity contribution in [1.29, 1.82) is 0 Å². The highest BCUT2D eigenvalue weighted by atomic mass is 32.1. The Hall–Kier alpha value is -1.07. The van der Waals surface area contributed by atoms with Crippen LogP contribution in [0.3, 0.4) is 0 Å². The zero-order chi connectivity index (χ0) is 13.1. The fourth-order valence-corrected chi connectivity index (χ4v) is 2.06. The van der Waals surface area contributed by atoms with Gasteiger partial charge in [-0.15, -0.1) is 0 Å². The van der Waals surface area contributed by atoms with E-state index < -0.39 is 11.6 Å². The van der Waals surface area contributed by atoms with Crippen molar-refractivity contribution in [2.75, 3.05) is 6.54 Å². The van der Waals surface area contributed by atoms with Crippen LogP contribution in [0, 0.1) is 11.6 Å². The average Bonchev–Trinajstić information content (AvgIpc) is 3.11. The Balaban J connectivity index is 2.06. The predicted octanol–water partition coefficient (Wildman–Crippen LogP) is 2.61. The van der Waals surface area contributed by atoms with Crippen LogP contribution in [0.15, 0.2) is 18.2 Å². The summed E-state index contributed by atoms with van der Waals surface area (Å²) in [5, 5.41) is 0. The number of hydrogen-bond acceptors (Lipinski definition) is 2. The Morgan fingerprint density at radius 2 is 1.94 bits per heavy atom. The lowest BCUT2D eigenvalue weighted by Crippen LogP contribution is -2.30. The summed E-state index contributed by atoms with van der Waals surface area (Å²) in [6.07, 6.45) is 2.74. The molecule has 2 nitrogen and oxygen atoms in total. The van der Waals surface area contributed by atoms with Gasteiger partial charge in [-0.05, 0) is 25.0 Å². The first kappa shape index (κ1) is 13.4. The first-order valence-corrected chi connectivity index (χ1v) is 6.44. The largest absolute Gasteiger partial charge is 0.393 e. The molecule has 0 atom stereocenters. The van der Waals surface area contributed by atoms with Gasteiger partial charge in [-0.25, -0.2) is 8.78 Å². The molecule has 2 N–H and O–H groups in total. The van der Waals surface area contributed by atoms with Crippen LogP contribution in [0.5, 0.6) is 0 Å². The molecule has 0 aromatic heterocycles. The van der Waals surface area contributed by atoms with E-state index in [1.54, 1.807) is 0 Å². The quantitative estimate of drug-likeness (QED) is 0.806. The van der Waals surface area contributed by atoms with Crippen molar-refractivity contribution < 1.29 is 8.78 Å². The van der Waals surface area contributed by atoms with Gasteiger partial charge in [0.25, 0.3) is 0 Å². The van der Waals surface area contributed by atoms with Crippen LogP contribution in [-0.4, -0.2) is 22.5 Å². The summed E-state index contributed by atoms with van der Waals surface area (Å²) in [6, 6.07) is 4.37. The zero-order valence-corrected chi connectivity index (χ0v) is 10.9. The number of thiocarbonyl (C=S) groups is 1. The third-order valence-corrected chi connectivity index (χ3v) is 3.34. The Morgan fingerprint density at radius 3 is 2.44 bits per heavy atom. The molecule has 1 aliphatic rings. The van der Waals surface area contributed by atoms with Gasteiger partial charge in [0.15, 0.2) is 0 Å². The Bertz CT molecular complexity index is 426. The molecule has 0 aliphatic heterocycles. The van der Waals surface area contributed by atoms with E-state index in [1.807, 2.05) is 0 Å². The third-order valence-electron chi connectivity index (χ3n) is 3.13. The molecular formula is C13H16F2N2S. The molecule has 0 bridgehead atoms. The lowest BCUT2D eigenvalue weighted by Gasteiger charge is -2.22. The van der Waals surface area contributed by atoms with Gasteiger partial charge in [0.1, 0.15) is 11.6 Å². The fraction of sp³-hybridized carbons (Fsp3) is 0.462. The van der Waals surface area contributed by atoms with Crippen molar-refractivity contribution in [3.8, 4) is 0 Å². The minimum atomic E-state index is -0.490.